The van der Waals surface area contributed by atoms with Crippen LogP contribution in [0.1, 0.15) is 0 Å². The molecule has 0 amide bonds. The standard InChI is InChI=1S/C13H10ClS/c1-15-13-7-3-5-11(9-13)10-4-2-6-12(14)8-10/h2-4,6-9H,1H3. The lowest BCUT2D eigenvalue weighted by Crippen LogP contribution is -1.78. The molecule has 0 N–H and O–H groups in total. The third-order valence-corrected chi connectivity index (χ3v) is 3.10. The van der Waals surface area contributed by atoms with Crippen molar-refractivity contribution in [2.24, 2.45) is 0 Å². The van der Waals surface area contributed by atoms with Crippen LogP contribution in [0.25, 0.3) is 11.1 Å². The number of halogens is 1. The Bertz CT molecular complexity index is 466. The second-order valence-electron chi connectivity index (χ2n) is 3.15. The maximum absolute atomic E-state index is 5.95. The molecule has 0 atom stereocenters. The first-order chi connectivity index (χ1) is 7.29. The monoisotopic (exact) mass is 233 g/mol. The summed E-state index contributed by atoms with van der Waals surface area (Å²) in [5.41, 5.74) is 2.20. The molecule has 0 saturated heterocycles. The van der Waals surface area contributed by atoms with Crippen molar-refractivity contribution in [1.29, 1.82) is 0 Å². The Balaban J connectivity index is 2.44. The fourth-order valence-electron chi connectivity index (χ4n) is 1.40. The van der Waals surface area contributed by atoms with Crippen molar-refractivity contribution < 1.29 is 0 Å². The Hall–Kier alpha value is -0.920. The molecule has 1 radical (unpaired) electrons. The third kappa shape index (κ3) is 2.55. The molecule has 15 heavy (non-hydrogen) atoms. The van der Waals surface area contributed by atoms with Gasteiger partial charge in [-0.05, 0) is 47.7 Å². The Labute approximate surface area is 99.3 Å². The van der Waals surface area contributed by atoms with E-state index in [1.165, 1.54) is 4.90 Å². The molecule has 2 rings (SSSR count). The molecule has 0 saturated carbocycles. The summed E-state index contributed by atoms with van der Waals surface area (Å²) in [7, 11) is 0. The minimum absolute atomic E-state index is 0.760. The van der Waals surface area contributed by atoms with E-state index in [4.69, 9.17) is 11.6 Å². The summed E-state index contributed by atoms with van der Waals surface area (Å²) in [5, 5.41) is 0.760. The number of rotatable bonds is 2. The van der Waals surface area contributed by atoms with Gasteiger partial charge < -0.3 is 0 Å². The second-order valence-corrected chi connectivity index (χ2v) is 4.47. The first-order valence-electron chi connectivity index (χ1n) is 4.61. The van der Waals surface area contributed by atoms with E-state index in [0.29, 0.717) is 0 Å². The van der Waals surface area contributed by atoms with E-state index in [2.05, 4.69) is 24.5 Å². The van der Waals surface area contributed by atoms with Gasteiger partial charge in [0, 0.05) is 9.92 Å². The highest BCUT2D eigenvalue weighted by Gasteiger charge is 1.99. The molecular weight excluding hydrogens is 224 g/mol. The topological polar surface area (TPSA) is 0 Å². The van der Waals surface area contributed by atoms with Crippen molar-refractivity contribution in [3.05, 3.63) is 53.6 Å². The van der Waals surface area contributed by atoms with E-state index in [9.17, 15) is 0 Å². The average Bonchev–Trinajstić information content (AvgIpc) is 2.29. The highest BCUT2D eigenvalue weighted by atomic mass is 35.5. The highest BCUT2D eigenvalue weighted by molar-refractivity contribution is 7.98. The second kappa shape index (κ2) is 4.73. The summed E-state index contributed by atoms with van der Waals surface area (Å²) in [6.07, 6.45) is 2.07. The Morgan fingerprint density at radius 1 is 1.20 bits per heavy atom. The summed E-state index contributed by atoms with van der Waals surface area (Å²) in [6, 6.07) is 17.2. The van der Waals surface area contributed by atoms with Gasteiger partial charge in [-0.3, -0.25) is 0 Å². The smallest absolute Gasteiger partial charge is 0.0412 e. The van der Waals surface area contributed by atoms with E-state index in [-0.39, 0.29) is 0 Å². The Morgan fingerprint density at radius 3 is 2.80 bits per heavy atom. The molecule has 2 heteroatoms. The van der Waals surface area contributed by atoms with Gasteiger partial charge in [-0.2, -0.15) is 0 Å². The van der Waals surface area contributed by atoms with Crippen LogP contribution in [-0.4, -0.2) is 6.26 Å². The molecule has 0 aliphatic heterocycles. The number of benzene rings is 2. The van der Waals surface area contributed by atoms with Crippen LogP contribution in [0, 0.1) is 6.07 Å². The van der Waals surface area contributed by atoms with Gasteiger partial charge in [0.15, 0.2) is 0 Å². The van der Waals surface area contributed by atoms with E-state index in [1.807, 2.05) is 30.3 Å². The SMILES string of the molecule is CSc1cc[c]c(-c2cccc(Cl)c2)c1. The van der Waals surface area contributed by atoms with Crippen molar-refractivity contribution in [2.45, 2.75) is 4.90 Å². The van der Waals surface area contributed by atoms with Gasteiger partial charge in [-0.1, -0.05) is 29.8 Å². The van der Waals surface area contributed by atoms with Crippen molar-refractivity contribution in [3.8, 4) is 11.1 Å². The maximum atomic E-state index is 5.95. The summed E-state index contributed by atoms with van der Waals surface area (Å²) in [4.78, 5) is 1.24. The molecule has 0 fully saturated rings. The normalized spacial score (nSPS) is 10.3. The average molecular weight is 234 g/mol. The predicted octanol–water partition coefficient (Wildman–Crippen LogP) is 4.53. The molecule has 0 aliphatic rings. The quantitative estimate of drug-likeness (QED) is 0.687. The Kier molecular flexibility index (Phi) is 3.34. The van der Waals surface area contributed by atoms with Crippen LogP contribution >= 0.6 is 23.4 Å². The van der Waals surface area contributed by atoms with E-state index in [1.54, 1.807) is 11.8 Å². The van der Waals surface area contributed by atoms with Crippen molar-refractivity contribution in [1.82, 2.24) is 0 Å². The van der Waals surface area contributed by atoms with Crippen LogP contribution in [-0.2, 0) is 0 Å². The van der Waals surface area contributed by atoms with E-state index < -0.39 is 0 Å². The number of hydrogen-bond donors (Lipinski definition) is 0. The zero-order valence-corrected chi connectivity index (χ0v) is 9.90. The molecule has 0 spiro atoms. The minimum atomic E-state index is 0.760. The van der Waals surface area contributed by atoms with Crippen molar-refractivity contribution >= 4 is 23.4 Å². The summed E-state index contributed by atoms with van der Waals surface area (Å²) in [5.74, 6) is 0. The van der Waals surface area contributed by atoms with Gasteiger partial charge in [-0.15, -0.1) is 11.8 Å². The predicted molar refractivity (Wildman–Crippen MR) is 67.5 cm³/mol. The molecule has 0 nitrogen and oxygen atoms in total. The largest absolute Gasteiger partial charge is 0.130 e. The molecule has 0 unspecified atom stereocenters. The zero-order chi connectivity index (χ0) is 10.7. The van der Waals surface area contributed by atoms with Crippen LogP contribution in [0.3, 0.4) is 0 Å². The first kappa shape index (κ1) is 10.6. The maximum Gasteiger partial charge on any atom is 0.0412 e. The fraction of sp³-hybridized carbons (Fsp3) is 0.0769. The molecule has 0 aromatic heterocycles. The Morgan fingerprint density at radius 2 is 2.07 bits per heavy atom. The van der Waals surface area contributed by atoms with Crippen molar-refractivity contribution in [3.63, 3.8) is 0 Å². The molecule has 0 bridgehead atoms. The molecule has 75 valence electrons. The van der Waals surface area contributed by atoms with Gasteiger partial charge >= 0.3 is 0 Å². The summed E-state index contributed by atoms with van der Waals surface area (Å²) in [6.45, 7) is 0. The lowest BCUT2D eigenvalue weighted by molar-refractivity contribution is 1.45. The van der Waals surface area contributed by atoms with Crippen LogP contribution in [0.2, 0.25) is 5.02 Å². The fourth-order valence-corrected chi connectivity index (χ4v) is 2.03. The van der Waals surface area contributed by atoms with Gasteiger partial charge in [0.1, 0.15) is 0 Å². The van der Waals surface area contributed by atoms with E-state index >= 15 is 0 Å². The van der Waals surface area contributed by atoms with Crippen LogP contribution < -0.4 is 0 Å². The van der Waals surface area contributed by atoms with Gasteiger partial charge in [0.05, 0.1) is 0 Å². The number of thioether (sulfide) groups is 1. The van der Waals surface area contributed by atoms with Gasteiger partial charge in [0.25, 0.3) is 0 Å². The van der Waals surface area contributed by atoms with Crippen LogP contribution in [0.5, 0.6) is 0 Å². The van der Waals surface area contributed by atoms with Gasteiger partial charge in [-0.25, -0.2) is 0 Å². The van der Waals surface area contributed by atoms with E-state index in [0.717, 1.165) is 16.1 Å². The molecule has 0 heterocycles. The summed E-state index contributed by atoms with van der Waals surface area (Å²) >= 11 is 7.68. The zero-order valence-electron chi connectivity index (χ0n) is 8.33. The highest BCUT2D eigenvalue weighted by Crippen LogP contribution is 2.25. The lowest BCUT2D eigenvalue weighted by Gasteiger charge is -2.03. The molecular formula is C13H10ClS. The number of hydrogen-bond acceptors (Lipinski definition) is 1. The van der Waals surface area contributed by atoms with Crippen LogP contribution in [0.15, 0.2) is 47.4 Å². The minimum Gasteiger partial charge on any atom is -0.130 e. The van der Waals surface area contributed by atoms with Crippen molar-refractivity contribution in [2.75, 3.05) is 6.26 Å². The van der Waals surface area contributed by atoms with Crippen LogP contribution in [0.4, 0.5) is 0 Å². The van der Waals surface area contributed by atoms with Gasteiger partial charge in [0.2, 0.25) is 0 Å². The third-order valence-electron chi connectivity index (χ3n) is 2.14. The first-order valence-corrected chi connectivity index (χ1v) is 6.21. The molecule has 2 aromatic rings. The molecule has 0 aliphatic carbocycles. The lowest BCUT2D eigenvalue weighted by atomic mass is 10.1. The summed E-state index contributed by atoms with van der Waals surface area (Å²) < 4.78 is 0. The molecule has 2 aromatic carbocycles.